The number of likely N-dealkylation sites (tertiary alicyclic amines) is 1. The van der Waals surface area contributed by atoms with Gasteiger partial charge >= 0.3 is 0 Å². The molecule has 162 valence electrons. The van der Waals surface area contributed by atoms with Gasteiger partial charge in [0.25, 0.3) is 0 Å². The maximum Gasteiger partial charge on any atom is 0.225 e. The SMILES string of the molecule is CN=C(NCCOc1ccc(F)cc1F)NC1CCN(C(=O)C2CCCC2)C1.I. The van der Waals surface area contributed by atoms with Gasteiger partial charge in [-0.2, -0.15) is 0 Å². The van der Waals surface area contributed by atoms with Gasteiger partial charge in [0.05, 0.1) is 6.54 Å². The van der Waals surface area contributed by atoms with E-state index < -0.39 is 11.6 Å². The van der Waals surface area contributed by atoms with Crippen LogP contribution in [0.1, 0.15) is 32.1 Å². The Morgan fingerprint density at radius 3 is 2.72 bits per heavy atom. The second-order valence-electron chi connectivity index (χ2n) is 7.32. The van der Waals surface area contributed by atoms with Gasteiger partial charge in [-0.05, 0) is 31.4 Å². The second-order valence-corrected chi connectivity index (χ2v) is 7.32. The molecule has 2 fully saturated rings. The van der Waals surface area contributed by atoms with E-state index in [2.05, 4.69) is 15.6 Å². The summed E-state index contributed by atoms with van der Waals surface area (Å²) in [5.74, 6) is -0.226. The van der Waals surface area contributed by atoms with Crippen LogP contribution in [-0.2, 0) is 4.79 Å². The molecule has 9 heteroatoms. The van der Waals surface area contributed by atoms with Gasteiger partial charge in [0.15, 0.2) is 17.5 Å². The average molecular weight is 522 g/mol. The predicted molar refractivity (Wildman–Crippen MR) is 119 cm³/mol. The lowest BCUT2D eigenvalue weighted by molar-refractivity contribution is -0.134. The van der Waals surface area contributed by atoms with E-state index in [1.54, 1.807) is 7.05 Å². The van der Waals surface area contributed by atoms with Crippen LogP contribution in [0.25, 0.3) is 0 Å². The monoisotopic (exact) mass is 522 g/mol. The number of guanidine groups is 1. The number of ether oxygens (including phenoxy) is 1. The van der Waals surface area contributed by atoms with Crippen molar-refractivity contribution in [3.05, 3.63) is 29.8 Å². The number of nitrogens with one attached hydrogen (secondary N) is 2. The van der Waals surface area contributed by atoms with Crippen LogP contribution in [0.4, 0.5) is 8.78 Å². The number of hydrogen-bond donors (Lipinski definition) is 2. The molecule has 1 saturated carbocycles. The molecular weight excluding hydrogens is 493 g/mol. The fraction of sp³-hybridized carbons (Fsp3) is 0.600. The number of benzene rings is 1. The summed E-state index contributed by atoms with van der Waals surface area (Å²) < 4.78 is 31.7. The molecule has 2 aliphatic rings. The van der Waals surface area contributed by atoms with E-state index >= 15 is 0 Å². The highest BCUT2D eigenvalue weighted by atomic mass is 127. The third-order valence-corrected chi connectivity index (χ3v) is 5.31. The van der Waals surface area contributed by atoms with Crippen LogP contribution in [0.5, 0.6) is 5.75 Å². The van der Waals surface area contributed by atoms with Gasteiger partial charge in [-0.25, -0.2) is 8.78 Å². The lowest BCUT2D eigenvalue weighted by Gasteiger charge is -2.21. The minimum absolute atomic E-state index is 0. The van der Waals surface area contributed by atoms with E-state index in [0.717, 1.165) is 50.8 Å². The van der Waals surface area contributed by atoms with Crippen LogP contribution in [-0.4, -0.2) is 56.1 Å². The third-order valence-electron chi connectivity index (χ3n) is 5.31. The summed E-state index contributed by atoms with van der Waals surface area (Å²) in [6, 6.07) is 3.38. The summed E-state index contributed by atoms with van der Waals surface area (Å²) in [4.78, 5) is 18.7. The molecule has 1 amide bonds. The largest absolute Gasteiger partial charge is 0.489 e. The zero-order valence-electron chi connectivity index (χ0n) is 16.6. The Morgan fingerprint density at radius 1 is 1.28 bits per heavy atom. The highest BCUT2D eigenvalue weighted by molar-refractivity contribution is 14.0. The third kappa shape index (κ3) is 6.68. The molecule has 0 aromatic heterocycles. The Morgan fingerprint density at radius 2 is 2.03 bits per heavy atom. The number of carbonyl (C=O) groups is 1. The molecule has 1 unspecified atom stereocenters. The van der Waals surface area contributed by atoms with Gasteiger partial charge in [0.1, 0.15) is 12.4 Å². The number of rotatable bonds is 6. The summed E-state index contributed by atoms with van der Waals surface area (Å²) in [6.07, 6.45) is 5.24. The molecule has 1 saturated heterocycles. The van der Waals surface area contributed by atoms with Crippen molar-refractivity contribution in [2.75, 3.05) is 33.3 Å². The van der Waals surface area contributed by atoms with E-state index in [0.29, 0.717) is 25.0 Å². The maximum absolute atomic E-state index is 13.5. The fourth-order valence-corrected chi connectivity index (χ4v) is 3.82. The van der Waals surface area contributed by atoms with Crippen molar-refractivity contribution in [3.63, 3.8) is 0 Å². The Hall–Kier alpha value is -1.65. The van der Waals surface area contributed by atoms with Crippen LogP contribution in [0, 0.1) is 17.6 Å². The van der Waals surface area contributed by atoms with E-state index in [1.807, 2.05) is 4.90 Å². The number of hydrogen-bond acceptors (Lipinski definition) is 3. The van der Waals surface area contributed by atoms with E-state index in [9.17, 15) is 13.6 Å². The molecule has 3 rings (SSSR count). The molecular formula is C20H29F2IN4O2. The van der Waals surface area contributed by atoms with Gasteiger partial charge in [0.2, 0.25) is 5.91 Å². The number of halogens is 3. The van der Waals surface area contributed by atoms with Crippen molar-refractivity contribution in [1.82, 2.24) is 15.5 Å². The topological polar surface area (TPSA) is 66.0 Å². The molecule has 1 heterocycles. The van der Waals surface area contributed by atoms with Crippen LogP contribution in [0.15, 0.2) is 23.2 Å². The summed E-state index contributed by atoms with van der Waals surface area (Å²) >= 11 is 0. The fourth-order valence-electron chi connectivity index (χ4n) is 3.82. The zero-order chi connectivity index (χ0) is 19.9. The predicted octanol–water partition coefficient (Wildman–Crippen LogP) is 2.92. The van der Waals surface area contributed by atoms with Gasteiger partial charge in [-0.3, -0.25) is 9.79 Å². The quantitative estimate of drug-likeness (QED) is 0.261. The second kappa shape index (κ2) is 11.5. The standard InChI is InChI=1S/C20H28F2N4O2.HI/c1-23-20(24-9-11-28-18-7-6-15(21)12-17(18)22)25-16-8-10-26(13-16)19(27)14-4-2-3-5-14;/h6-7,12,14,16H,2-5,8-11,13H2,1H3,(H2,23,24,25);1H. The smallest absolute Gasteiger partial charge is 0.225 e. The molecule has 1 aromatic carbocycles. The Balaban J connectivity index is 0.00000300. The molecule has 1 aromatic rings. The molecule has 0 spiro atoms. The van der Waals surface area contributed by atoms with E-state index in [1.165, 1.54) is 6.07 Å². The molecule has 6 nitrogen and oxygen atoms in total. The van der Waals surface area contributed by atoms with Crippen molar-refractivity contribution in [1.29, 1.82) is 0 Å². The van der Waals surface area contributed by atoms with Gasteiger partial charge in [-0.1, -0.05) is 12.8 Å². The molecule has 2 N–H and O–H groups in total. The van der Waals surface area contributed by atoms with Gasteiger partial charge in [0, 0.05) is 38.2 Å². The molecule has 29 heavy (non-hydrogen) atoms. The molecule has 0 radical (unpaired) electrons. The Bertz CT molecular complexity index is 714. The molecule has 1 aliphatic carbocycles. The number of carbonyl (C=O) groups excluding carboxylic acids is 1. The Kier molecular flexibility index (Phi) is 9.38. The van der Waals surface area contributed by atoms with Crippen molar-refractivity contribution in [2.45, 2.75) is 38.1 Å². The first-order chi connectivity index (χ1) is 13.6. The minimum Gasteiger partial charge on any atom is -0.489 e. The number of nitrogens with zero attached hydrogens (tertiary/aromatic N) is 2. The first-order valence-corrected chi connectivity index (χ1v) is 9.90. The van der Waals surface area contributed by atoms with Crippen molar-refractivity contribution in [2.24, 2.45) is 10.9 Å². The average Bonchev–Trinajstić information content (AvgIpc) is 3.37. The van der Waals surface area contributed by atoms with Gasteiger partial charge in [-0.15, -0.1) is 24.0 Å². The zero-order valence-corrected chi connectivity index (χ0v) is 19.0. The van der Waals surface area contributed by atoms with Crippen LogP contribution in [0.3, 0.4) is 0 Å². The molecule has 0 bridgehead atoms. The molecule has 1 atom stereocenters. The minimum atomic E-state index is -0.722. The highest BCUT2D eigenvalue weighted by Crippen LogP contribution is 2.27. The summed E-state index contributed by atoms with van der Waals surface area (Å²) in [6.45, 7) is 2.08. The Labute approximate surface area is 187 Å². The van der Waals surface area contributed by atoms with Crippen LogP contribution in [0.2, 0.25) is 0 Å². The van der Waals surface area contributed by atoms with Crippen LogP contribution >= 0.6 is 24.0 Å². The lowest BCUT2D eigenvalue weighted by Crippen LogP contribution is -2.46. The summed E-state index contributed by atoms with van der Waals surface area (Å²) in [7, 11) is 1.67. The highest BCUT2D eigenvalue weighted by Gasteiger charge is 2.32. The summed E-state index contributed by atoms with van der Waals surface area (Å²) in [5.41, 5.74) is 0. The first kappa shape index (κ1) is 23.6. The molecule has 1 aliphatic heterocycles. The normalized spacial score (nSPS) is 19.8. The van der Waals surface area contributed by atoms with Crippen LogP contribution < -0.4 is 15.4 Å². The van der Waals surface area contributed by atoms with Crippen molar-refractivity contribution in [3.8, 4) is 5.75 Å². The van der Waals surface area contributed by atoms with E-state index in [4.69, 9.17) is 4.74 Å². The number of aliphatic imine (C=N–C) groups is 1. The lowest BCUT2D eigenvalue weighted by atomic mass is 10.1. The van der Waals surface area contributed by atoms with E-state index in [-0.39, 0.29) is 48.3 Å². The number of amides is 1. The first-order valence-electron chi connectivity index (χ1n) is 9.90. The van der Waals surface area contributed by atoms with Crippen molar-refractivity contribution >= 4 is 35.8 Å². The summed E-state index contributed by atoms with van der Waals surface area (Å²) in [5, 5.41) is 6.43. The van der Waals surface area contributed by atoms with Gasteiger partial charge < -0.3 is 20.3 Å². The van der Waals surface area contributed by atoms with Crippen molar-refractivity contribution < 1.29 is 18.3 Å². The maximum atomic E-state index is 13.5.